The number of hydrogen-bond acceptors (Lipinski definition) is 26. The van der Waals surface area contributed by atoms with E-state index in [4.69, 9.17) is 49.4 Å². The second kappa shape index (κ2) is 58.6. The number of carbonyl (C=O) groups is 22. The summed E-state index contributed by atoms with van der Waals surface area (Å²) < 4.78 is 53.6. The van der Waals surface area contributed by atoms with E-state index in [1.807, 2.05) is 27.7 Å². The Morgan fingerprint density at radius 1 is 0.442 bits per heavy atom. The van der Waals surface area contributed by atoms with Gasteiger partial charge >= 0.3 is 0 Å². The summed E-state index contributed by atoms with van der Waals surface area (Å²) in [5, 5.41) is 35.3. The number of ether oxygens (including phenoxy) is 2. The number of benzene rings is 2. The van der Waals surface area contributed by atoms with Crippen LogP contribution in [-0.2, 0) is 118 Å². The van der Waals surface area contributed by atoms with Crippen molar-refractivity contribution in [2.45, 2.75) is 268 Å². The maximum atomic E-state index is 14.5. The Hall–Kier alpha value is -12.9. The molecule has 26 N–H and O–H groups in total. The fourth-order valence-electron chi connectivity index (χ4n) is 15.0. The van der Waals surface area contributed by atoms with Gasteiger partial charge in [0.05, 0.1) is 47.0 Å². The van der Waals surface area contributed by atoms with Gasteiger partial charge in [0.1, 0.15) is 96.1 Å². The number of likely N-dealkylation sites (tertiary alicyclic amines) is 2. The molecule has 2 aromatic carbocycles. The molecule has 0 bridgehead atoms. The monoisotopic (exact) mass is 1980 g/mol. The van der Waals surface area contributed by atoms with Crippen LogP contribution >= 0.6 is 23.5 Å². The molecule has 16 atom stereocenters. The first-order valence-electron chi connectivity index (χ1n) is 48.2. The molecule has 46 nitrogen and oxygen atoms in total. The topological polar surface area (TPSA) is 725 Å². The number of nitrogens with one attached hydrogen (secondary N) is 14. The van der Waals surface area contributed by atoms with E-state index in [0.717, 1.165) is 30.6 Å². The number of methoxy groups -OCH3 is 2. The summed E-state index contributed by atoms with van der Waals surface area (Å²) in [7, 11) is 2.65. The van der Waals surface area contributed by atoms with Crippen molar-refractivity contribution in [2.75, 3.05) is 63.4 Å². The van der Waals surface area contributed by atoms with Crippen molar-refractivity contribution < 1.29 is 122 Å². The number of primary amides is 6. The van der Waals surface area contributed by atoms with E-state index in [-0.39, 0.29) is 130 Å². The highest BCUT2D eigenvalue weighted by Crippen LogP contribution is 2.26. The van der Waals surface area contributed by atoms with Gasteiger partial charge < -0.3 is 128 Å². The third-order valence-corrected chi connectivity index (χ3v) is 25.0. The van der Waals surface area contributed by atoms with E-state index in [2.05, 4.69) is 74.4 Å². The summed E-state index contributed by atoms with van der Waals surface area (Å²) >= 11 is 2.26. The quantitative estimate of drug-likeness (QED) is 0.0304. The Morgan fingerprint density at radius 2 is 0.826 bits per heavy atom. The largest absolute Gasteiger partial charge is 0.497 e. The molecule has 138 heavy (non-hydrogen) atoms. The molecule has 6 rings (SSSR count). The van der Waals surface area contributed by atoms with Gasteiger partial charge in [0.15, 0.2) is 0 Å². The average Bonchev–Trinajstić information content (AvgIpc) is 1.74. The molecule has 4 heterocycles. The van der Waals surface area contributed by atoms with Crippen LogP contribution in [0.2, 0.25) is 0 Å². The highest BCUT2D eigenvalue weighted by atomic mass is 32.2. The molecule has 2 aromatic rings. The van der Waals surface area contributed by atoms with Crippen molar-refractivity contribution in [3.8, 4) is 11.5 Å². The Kier molecular flexibility index (Phi) is 45.5. The number of carbonyl (C=O) groups excluding carboxylic acids is 22. The lowest BCUT2D eigenvalue weighted by Gasteiger charge is -2.31. The maximum Gasteiger partial charge on any atom is 0.246 e. The van der Waals surface area contributed by atoms with Crippen LogP contribution in [-0.4, -0.2) is 288 Å². The summed E-state index contributed by atoms with van der Waals surface area (Å²) in [4.78, 5) is 297. The van der Waals surface area contributed by atoms with Gasteiger partial charge in [-0.25, -0.2) is 0 Å². The fourth-order valence-corrected chi connectivity index (χ4v) is 16.9. The molecule has 764 valence electrons. The molecule has 4 fully saturated rings. The molecule has 0 aliphatic carbocycles. The van der Waals surface area contributed by atoms with Crippen LogP contribution in [0.3, 0.4) is 0 Å². The molecule has 4 aliphatic rings. The van der Waals surface area contributed by atoms with E-state index in [9.17, 15) is 107 Å². The third kappa shape index (κ3) is 39.7. The van der Waals surface area contributed by atoms with Crippen molar-refractivity contribution in [3.05, 3.63) is 59.6 Å². The van der Waals surface area contributed by atoms with Gasteiger partial charge in [-0.2, -0.15) is 23.5 Å². The minimum absolute atomic E-state index is 0.0398. The number of rotatable bonds is 36. The Bertz CT molecular complexity index is 4910. The van der Waals surface area contributed by atoms with Crippen molar-refractivity contribution in [2.24, 2.45) is 58.1 Å². The molecule has 4 saturated heterocycles. The SMILES string of the molecule is [2H][C@]1([C@@H](C)CC)NC(=O)C(Cc2ccc(OC)cc2)NC(=O)CCCSCC(C(=O)N2CCCC2C(=O)NC(CC(C)C)C(=O)NCC(N)=O)NC(=O)C(CC(N)=O)NC(=O)C(CCC(N)=O)NC1=O.[2H]c1c([2H])c(OC)c([2H])c([2H])c1CC1NC(=O)CCCSCC(C(=O)N2CCCC2C(=O)NC(CC(C)C)C(=O)NCC(N)=O)NC(=O)C(CC(N)=O)NC(=O)C(CCC(N)=O)NC(=O)C(C(C)CC)NC1=O. The van der Waals surface area contributed by atoms with Crippen LogP contribution in [0.15, 0.2) is 48.4 Å². The second-order valence-corrected chi connectivity index (χ2v) is 37.1. The Morgan fingerprint density at radius 3 is 1.21 bits per heavy atom. The Balaban J connectivity index is 0.000000504. The number of nitrogens with two attached hydrogens (primary N) is 6. The number of nitrogens with zero attached hydrogens (tertiary/aromatic N) is 2. The van der Waals surface area contributed by atoms with E-state index < -0.39 is 309 Å². The zero-order valence-corrected chi connectivity index (χ0v) is 81.0. The minimum Gasteiger partial charge on any atom is -0.497 e. The summed E-state index contributed by atoms with van der Waals surface area (Å²) in [6.45, 7) is 12.9. The molecule has 4 aliphatic heterocycles. The predicted molar refractivity (Wildman–Crippen MR) is 506 cm³/mol. The van der Waals surface area contributed by atoms with Crippen molar-refractivity contribution in [1.82, 2.24) is 84.2 Å². The summed E-state index contributed by atoms with van der Waals surface area (Å²) in [6.07, 6.45) is -2.33. The van der Waals surface area contributed by atoms with Crippen LogP contribution in [0.4, 0.5) is 0 Å². The van der Waals surface area contributed by atoms with Gasteiger partial charge in [-0.15, -0.1) is 0 Å². The molecule has 48 heteroatoms. The predicted octanol–water partition coefficient (Wildman–Crippen LogP) is -5.00. The van der Waals surface area contributed by atoms with Gasteiger partial charge in [-0.05, 0) is 135 Å². The molecule has 0 aromatic heterocycles. The highest BCUT2D eigenvalue weighted by Gasteiger charge is 2.45. The molecule has 22 amide bonds. The molecule has 0 spiro atoms. The average molecular weight is 1980 g/mol. The molecule has 14 unspecified atom stereocenters. The van der Waals surface area contributed by atoms with Crippen molar-refractivity contribution >= 4 is 153 Å². The summed E-state index contributed by atoms with van der Waals surface area (Å²) in [5.74, 6) is -20.8. The van der Waals surface area contributed by atoms with E-state index >= 15 is 0 Å². The number of amides is 22. The lowest BCUT2D eigenvalue weighted by molar-refractivity contribution is -0.142. The van der Waals surface area contributed by atoms with Gasteiger partial charge in [0.25, 0.3) is 0 Å². The highest BCUT2D eigenvalue weighted by molar-refractivity contribution is 7.99. The first kappa shape index (κ1) is 107. The summed E-state index contributed by atoms with van der Waals surface area (Å²) in [5.41, 5.74) is 32.6. The van der Waals surface area contributed by atoms with E-state index in [1.54, 1.807) is 45.0 Å². The number of hydrogen-bond donors (Lipinski definition) is 20. The molecule has 0 radical (unpaired) electrons. The third-order valence-electron chi connectivity index (χ3n) is 22.7. The normalized spacial score (nSPS) is 24.2. The van der Waals surface area contributed by atoms with E-state index in [1.165, 1.54) is 23.8 Å². The first-order chi connectivity index (χ1) is 67.3. The van der Waals surface area contributed by atoms with Crippen LogP contribution in [0.1, 0.15) is 189 Å². The first-order valence-corrected chi connectivity index (χ1v) is 48.0. The zero-order chi connectivity index (χ0) is 107. The van der Waals surface area contributed by atoms with Crippen LogP contribution in [0, 0.1) is 23.7 Å². The van der Waals surface area contributed by atoms with Crippen molar-refractivity contribution in [1.29, 1.82) is 0 Å². The lowest BCUT2D eigenvalue weighted by Crippen LogP contribution is -2.61. The van der Waals surface area contributed by atoms with Crippen molar-refractivity contribution in [3.63, 3.8) is 0 Å². The van der Waals surface area contributed by atoms with E-state index in [0.29, 0.717) is 24.2 Å². The van der Waals surface area contributed by atoms with Gasteiger partial charge in [-0.3, -0.25) is 105 Å². The molecule has 0 saturated carbocycles. The van der Waals surface area contributed by atoms with Gasteiger partial charge in [0, 0.05) is 63.1 Å². The second-order valence-electron chi connectivity index (χ2n) is 34.8. The van der Waals surface area contributed by atoms with Crippen LogP contribution in [0.5, 0.6) is 11.5 Å². The fraction of sp³-hybridized carbons (Fsp3) is 0.622. The maximum absolute atomic E-state index is 14.5. The summed E-state index contributed by atoms with van der Waals surface area (Å²) in [6, 6.07) is -16.5. The van der Waals surface area contributed by atoms with Gasteiger partial charge in [-0.1, -0.05) is 92.4 Å². The standard InChI is InChI=1S/2C45H69N11O12S/c2*1-6-25(4)38-44(66)51-28(15-16-34(46)57)40(62)52-31(21-35(47)58)41(63)54-32(23-69-18-8-10-37(60)50-30(42(64)55-38)20-26-11-13-27(68-5)14-12-26)45(67)56-17-7-9-33(56)43(65)53-29(19-24(2)3)39(61)49-22-36(48)59/h2*11-14,24-25,28-33,38H,6-10,15-23H2,1-5H3,(H2,46,57)(H2,47,58)(H2,48,59)(H,49,61)(H,50,60)(H,51,66)(H,52,62)(H,53,65)(H,54,63)(H,55,64)/t25-,28?,29?,30?,31?,32?,33?,38+;/m0./s1/i38D;11D,12D,13D,14D. The van der Waals surface area contributed by atoms with Gasteiger partial charge in [0.2, 0.25) is 130 Å². The van der Waals surface area contributed by atoms with Crippen LogP contribution in [0.25, 0.3) is 0 Å². The molecular formula is C90H138N22O24S2. The Labute approximate surface area is 816 Å². The lowest BCUT2D eigenvalue weighted by atomic mass is 9.96. The zero-order valence-electron chi connectivity index (χ0n) is 84.4. The molecular weight excluding hydrogens is 1840 g/mol. The van der Waals surface area contributed by atoms with Crippen LogP contribution < -0.4 is 118 Å². The minimum atomic E-state index is -2.48. The number of thioether (sulfide) groups is 2. The smallest absolute Gasteiger partial charge is 0.246 e.